The second kappa shape index (κ2) is 9.73. The molecule has 0 radical (unpaired) electrons. The molecule has 0 saturated carbocycles. The molecule has 2 fully saturated rings. The molecule has 2 saturated heterocycles. The van der Waals surface area contributed by atoms with Gasteiger partial charge >= 0.3 is 6.18 Å². The van der Waals surface area contributed by atoms with E-state index in [2.05, 4.69) is 9.88 Å². The number of ketones is 1. The molecule has 0 amide bonds. The molecule has 2 aliphatic rings. The zero-order valence-corrected chi connectivity index (χ0v) is 20.3. The van der Waals surface area contributed by atoms with Crippen LogP contribution in [-0.2, 0) is 12.6 Å². The Morgan fingerprint density at radius 3 is 2.42 bits per heavy atom. The quantitative estimate of drug-likeness (QED) is 0.483. The Hall–Kier alpha value is -3.13. The summed E-state index contributed by atoms with van der Waals surface area (Å²) in [6, 6.07) is 11.0. The summed E-state index contributed by atoms with van der Waals surface area (Å²) in [5, 5.41) is 0.811. The van der Waals surface area contributed by atoms with Gasteiger partial charge in [0.2, 0.25) is 5.56 Å². The van der Waals surface area contributed by atoms with Crippen LogP contribution in [0.15, 0.2) is 47.3 Å². The molecule has 5 rings (SSSR count). The minimum atomic E-state index is -4.54. The van der Waals surface area contributed by atoms with E-state index in [9.17, 15) is 22.8 Å². The Kier molecular flexibility index (Phi) is 6.64. The molecule has 3 heterocycles. The van der Waals surface area contributed by atoms with Crippen LogP contribution in [0.2, 0.25) is 0 Å². The Balaban J connectivity index is 1.38. The minimum absolute atomic E-state index is 0.0215. The second-order valence-electron chi connectivity index (χ2n) is 10.0. The van der Waals surface area contributed by atoms with E-state index in [-0.39, 0.29) is 23.3 Å². The second-order valence-corrected chi connectivity index (χ2v) is 10.0. The molecular weight excluding hydrogens is 467 g/mol. The Morgan fingerprint density at radius 2 is 1.72 bits per heavy atom. The Morgan fingerprint density at radius 1 is 1.00 bits per heavy atom. The number of nitrogens with zero attached hydrogens (tertiary/aromatic N) is 2. The fourth-order valence-electron chi connectivity index (χ4n) is 5.58. The van der Waals surface area contributed by atoms with Gasteiger partial charge < -0.3 is 14.8 Å². The number of rotatable bonds is 5. The van der Waals surface area contributed by atoms with Crippen molar-refractivity contribution >= 4 is 22.4 Å². The van der Waals surface area contributed by atoms with Crippen molar-refractivity contribution in [3.63, 3.8) is 0 Å². The number of aromatic nitrogens is 1. The van der Waals surface area contributed by atoms with E-state index in [0.29, 0.717) is 35.9 Å². The first-order valence-electron chi connectivity index (χ1n) is 12.5. The third-order valence-corrected chi connectivity index (χ3v) is 7.53. The van der Waals surface area contributed by atoms with Crippen LogP contribution in [-0.4, -0.2) is 47.9 Å². The summed E-state index contributed by atoms with van der Waals surface area (Å²) < 4.78 is 41.3. The van der Waals surface area contributed by atoms with Crippen LogP contribution in [0.25, 0.3) is 10.9 Å². The lowest BCUT2D eigenvalue weighted by Gasteiger charge is -2.38. The first-order chi connectivity index (χ1) is 17.2. The number of likely N-dealkylation sites (tertiary alicyclic amines) is 1. The first-order valence-corrected chi connectivity index (χ1v) is 12.5. The van der Waals surface area contributed by atoms with Gasteiger partial charge in [-0.2, -0.15) is 13.2 Å². The normalized spacial score (nSPS) is 17.7. The molecule has 1 aromatic heterocycles. The molecule has 1 N–H and O–H groups in total. The van der Waals surface area contributed by atoms with Gasteiger partial charge in [0, 0.05) is 53.8 Å². The fourth-order valence-corrected chi connectivity index (χ4v) is 5.58. The number of pyridine rings is 1. The number of nitrogens with one attached hydrogen (secondary N) is 1. The smallest absolute Gasteiger partial charge is 0.371 e. The van der Waals surface area contributed by atoms with Crippen molar-refractivity contribution in [3.8, 4) is 0 Å². The third kappa shape index (κ3) is 5.19. The van der Waals surface area contributed by atoms with Crippen LogP contribution in [0.5, 0.6) is 0 Å². The SMILES string of the molecule is Cc1cc(=O)[nH]c2ccc(CC(=O)c3cc(N4CCC(N5CCCC5)CC4)cc(C(F)(F)F)c3)cc12. The third-order valence-electron chi connectivity index (χ3n) is 7.53. The predicted molar refractivity (Wildman–Crippen MR) is 135 cm³/mol. The number of halogens is 3. The number of hydrogen-bond donors (Lipinski definition) is 1. The van der Waals surface area contributed by atoms with E-state index < -0.39 is 11.7 Å². The van der Waals surface area contributed by atoms with Gasteiger partial charge in [0.25, 0.3) is 0 Å². The van der Waals surface area contributed by atoms with Crippen LogP contribution in [0.3, 0.4) is 0 Å². The van der Waals surface area contributed by atoms with E-state index in [1.165, 1.54) is 25.0 Å². The number of fused-ring (bicyclic) bond motifs is 1. The lowest BCUT2D eigenvalue weighted by atomic mass is 9.97. The largest absolute Gasteiger partial charge is 0.416 e. The van der Waals surface area contributed by atoms with Crippen molar-refractivity contribution in [1.29, 1.82) is 0 Å². The molecule has 8 heteroatoms. The highest BCUT2D eigenvalue weighted by molar-refractivity contribution is 5.99. The van der Waals surface area contributed by atoms with Gasteiger partial charge in [-0.1, -0.05) is 6.07 Å². The maximum Gasteiger partial charge on any atom is 0.416 e. The number of alkyl halides is 3. The van der Waals surface area contributed by atoms with Crippen molar-refractivity contribution in [2.45, 2.75) is 51.2 Å². The number of H-pyrrole nitrogens is 1. The van der Waals surface area contributed by atoms with Gasteiger partial charge in [-0.15, -0.1) is 0 Å². The molecule has 190 valence electrons. The molecule has 0 spiro atoms. The highest BCUT2D eigenvalue weighted by Gasteiger charge is 2.33. The van der Waals surface area contributed by atoms with Crippen molar-refractivity contribution in [3.05, 3.63) is 75.1 Å². The van der Waals surface area contributed by atoms with Crippen LogP contribution < -0.4 is 10.5 Å². The van der Waals surface area contributed by atoms with Crippen molar-refractivity contribution < 1.29 is 18.0 Å². The minimum Gasteiger partial charge on any atom is -0.371 e. The lowest BCUT2D eigenvalue weighted by molar-refractivity contribution is -0.137. The number of aromatic amines is 1. The molecule has 0 atom stereocenters. The van der Waals surface area contributed by atoms with Crippen molar-refractivity contribution in [1.82, 2.24) is 9.88 Å². The number of carbonyl (C=O) groups is 1. The number of Topliss-reactive ketones (excluding diaryl/α,β-unsaturated/α-hetero) is 1. The highest BCUT2D eigenvalue weighted by Crippen LogP contribution is 2.35. The lowest BCUT2D eigenvalue weighted by Crippen LogP contribution is -2.44. The summed E-state index contributed by atoms with van der Waals surface area (Å²) in [6.45, 7) is 5.39. The van der Waals surface area contributed by atoms with E-state index >= 15 is 0 Å². The van der Waals surface area contributed by atoms with Gasteiger partial charge in [-0.05, 0) is 87.2 Å². The van der Waals surface area contributed by atoms with Gasteiger partial charge in [-0.3, -0.25) is 9.59 Å². The molecule has 0 unspecified atom stereocenters. The zero-order valence-electron chi connectivity index (χ0n) is 20.3. The summed E-state index contributed by atoms with van der Waals surface area (Å²) in [7, 11) is 0. The summed E-state index contributed by atoms with van der Waals surface area (Å²) >= 11 is 0. The van der Waals surface area contributed by atoms with Gasteiger partial charge in [0.1, 0.15) is 0 Å². The van der Waals surface area contributed by atoms with E-state index in [1.807, 2.05) is 17.9 Å². The number of hydrogen-bond acceptors (Lipinski definition) is 4. The van der Waals surface area contributed by atoms with Crippen LogP contribution in [0, 0.1) is 6.92 Å². The molecule has 0 bridgehead atoms. The highest BCUT2D eigenvalue weighted by atomic mass is 19.4. The van der Waals surface area contributed by atoms with Crippen molar-refractivity contribution in [2.24, 2.45) is 0 Å². The number of aryl methyl sites for hydroxylation is 1. The fraction of sp³-hybridized carbons (Fsp3) is 0.429. The zero-order chi connectivity index (χ0) is 25.4. The summed E-state index contributed by atoms with van der Waals surface area (Å²) in [5.74, 6) is -0.365. The maximum absolute atomic E-state index is 13.8. The standard InChI is InChI=1S/C28H30F3N3O2/c1-18-12-27(36)32-25-5-4-19(13-24(18)25)14-26(35)20-15-21(28(29,30)31)17-23(16-20)34-10-6-22(7-11-34)33-8-2-3-9-33/h4-5,12-13,15-17,22H,2-3,6-11,14H2,1H3,(H,32,36). The van der Waals surface area contributed by atoms with Crippen LogP contribution in [0.1, 0.15) is 52.7 Å². The van der Waals surface area contributed by atoms with Gasteiger partial charge in [-0.25, -0.2) is 0 Å². The van der Waals surface area contributed by atoms with Crippen LogP contribution in [0.4, 0.5) is 18.9 Å². The molecule has 5 nitrogen and oxygen atoms in total. The topological polar surface area (TPSA) is 56.4 Å². The monoisotopic (exact) mass is 497 g/mol. The molecule has 2 aromatic carbocycles. The molecule has 36 heavy (non-hydrogen) atoms. The molecule has 2 aliphatic heterocycles. The molecular formula is C28H30F3N3O2. The Labute approximate surface area is 207 Å². The first kappa shape index (κ1) is 24.6. The number of carbonyl (C=O) groups excluding carboxylic acids is 1. The average molecular weight is 498 g/mol. The van der Waals surface area contributed by atoms with E-state index in [1.54, 1.807) is 18.2 Å². The van der Waals surface area contributed by atoms with Crippen molar-refractivity contribution in [2.75, 3.05) is 31.1 Å². The summed E-state index contributed by atoms with van der Waals surface area (Å²) in [6.07, 6.45) is -0.296. The summed E-state index contributed by atoms with van der Waals surface area (Å²) in [4.78, 5) is 32.1. The number of piperidine rings is 1. The average Bonchev–Trinajstić information content (AvgIpc) is 3.39. The predicted octanol–water partition coefficient (Wildman–Crippen LogP) is 5.35. The van der Waals surface area contributed by atoms with Gasteiger partial charge in [0.15, 0.2) is 5.78 Å². The van der Waals surface area contributed by atoms with Gasteiger partial charge in [0.05, 0.1) is 5.56 Å². The van der Waals surface area contributed by atoms with E-state index in [4.69, 9.17) is 0 Å². The number of benzene rings is 2. The molecule has 3 aromatic rings. The van der Waals surface area contributed by atoms with Crippen LogP contribution >= 0.6 is 0 Å². The number of anilines is 1. The maximum atomic E-state index is 13.8. The van der Waals surface area contributed by atoms with E-state index in [0.717, 1.165) is 42.9 Å². The Bertz CT molecular complexity index is 1330. The molecule has 0 aliphatic carbocycles. The summed E-state index contributed by atoms with van der Waals surface area (Å²) in [5.41, 5.74) is 1.66.